The molecule has 0 amide bonds. The van der Waals surface area contributed by atoms with Gasteiger partial charge in [0.2, 0.25) is 5.89 Å². The van der Waals surface area contributed by atoms with Crippen molar-refractivity contribution in [2.75, 3.05) is 0 Å². The quantitative estimate of drug-likeness (QED) is 0.617. The summed E-state index contributed by atoms with van der Waals surface area (Å²) in [6.07, 6.45) is 3.93. The maximum atomic E-state index is 5.91. The third-order valence-electron chi connectivity index (χ3n) is 2.54. The van der Waals surface area contributed by atoms with Gasteiger partial charge in [0, 0.05) is 11.1 Å². The summed E-state index contributed by atoms with van der Waals surface area (Å²) in [7, 11) is 1.96. The number of benzene rings is 1. The van der Waals surface area contributed by atoms with Crippen LogP contribution in [0.5, 0.6) is 0 Å². The van der Waals surface area contributed by atoms with Gasteiger partial charge in [-0.25, -0.2) is 9.55 Å². The second-order valence-electron chi connectivity index (χ2n) is 3.89. The van der Waals surface area contributed by atoms with Crippen molar-refractivity contribution in [3.8, 4) is 11.5 Å². The Labute approximate surface area is 103 Å². The molecule has 2 heterocycles. The summed E-state index contributed by atoms with van der Waals surface area (Å²) in [5.41, 5.74) is 2.47. The highest BCUT2D eigenvalue weighted by molar-refractivity contribution is 6.31. The van der Waals surface area contributed by atoms with E-state index < -0.39 is 0 Å². The maximum absolute atomic E-state index is 5.91. The van der Waals surface area contributed by atoms with Crippen LogP contribution in [0.2, 0.25) is 5.02 Å². The molecule has 3 aromatic rings. The lowest BCUT2D eigenvalue weighted by molar-refractivity contribution is -0.671. The van der Waals surface area contributed by atoms with Gasteiger partial charge in [0.1, 0.15) is 18.1 Å². The molecular formula is C13H10ClN2O+. The van der Waals surface area contributed by atoms with E-state index in [4.69, 9.17) is 16.0 Å². The van der Waals surface area contributed by atoms with E-state index in [-0.39, 0.29) is 0 Å². The molecule has 0 aliphatic carbocycles. The first-order valence-electron chi connectivity index (χ1n) is 5.24. The van der Waals surface area contributed by atoms with Gasteiger partial charge in [0.05, 0.1) is 0 Å². The predicted molar refractivity (Wildman–Crippen MR) is 65.6 cm³/mol. The fourth-order valence-corrected chi connectivity index (χ4v) is 1.90. The average molecular weight is 246 g/mol. The van der Waals surface area contributed by atoms with Crippen LogP contribution in [0.4, 0.5) is 0 Å². The van der Waals surface area contributed by atoms with E-state index in [2.05, 4.69) is 4.98 Å². The number of hydrogen-bond donors (Lipinski definition) is 0. The number of fused-ring (bicyclic) bond motifs is 1. The maximum Gasteiger partial charge on any atom is 0.233 e. The Balaban J connectivity index is 2.18. The van der Waals surface area contributed by atoms with Gasteiger partial charge in [-0.1, -0.05) is 11.6 Å². The van der Waals surface area contributed by atoms with Gasteiger partial charge >= 0.3 is 0 Å². The van der Waals surface area contributed by atoms with Crippen LogP contribution in [-0.4, -0.2) is 4.98 Å². The molecule has 0 fully saturated rings. The van der Waals surface area contributed by atoms with Gasteiger partial charge in [-0.05, 0) is 24.3 Å². The summed E-state index contributed by atoms with van der Waals surface area (Å²) < 4.78 is 7.64. The van der Waals surface area contributed by atoms with Crippen molar-refractivity contribution < 1.29 is 8.98 Å². The zero-order valence-corrected chi connectivity index (χ0v) is 9.98. The molecule has 0 aliphatic rings. The first-order valence-corrected chi connectivity index (χ1v) is 5.62. The van der Waals surface area contributed by atoms with E-state index in [1.165, 1.54) is 0 Å². The van der Waals surface area contributed by atoms with Crippen molar-refractivity contribution >= 4 is 22.7 Å². The molecule has 0 saturated carbocycles. The summed E-state index contributed by atoms with van der Waals surface area (Å²) in [5.74, 6) is 0.610. The van der Waals surface area contributed by atoms with Gasteiger partial charge in [-0.15, -0.1) is 0 Å². The highest BCUT2D eigenvalue weighted by atomic mass is 35.5. The van der Waals surface area contributed by atoms with Gasteiger partial charge < -0.3 is 4.42 Å². The van der Waals surface area contributed by atoms with Crippen molar-refractivity contribution in [2.24, 2.45) is 7.05 Å². The largest absolute Gasteiger partial charge is 0.436 e. The number of nitrogens with zero attached hydrogens (tertiary/aromatic N) is 2. The number of aryl methyl sites for hydroxylation is 1. The molecule has 17 heavy (non-hydrogen) atoms. The summed E-state index contributed by atoms with van der Waals surface area (Å²) in [5, 5.41) is 0.663. The number of aromatic nitrogens is 2. The molecule has 0 spiro atoms. The van der Waals surface area contributed by atoms with Crippen LogP contribution in [0.15, 0.2) is 47.1 Å². The zero-order valence-electron chi connectivity index (χ0n) is 9.22. The lowest BCUT2D eigenvalue weighted by atomic mass is 10.3. The standard InChI is InChI=1S/C13H10ClN2O/c1-16-6-2-3-9(8-16)13-15-11-7-10(14)4-5-12(11)17-13/h2-8H,1H3/q+1. The summed E-state index contributed by atoms with van der Waals surface area (Å²) in [6, 6.07) is 9.34. The zero-order chi connectivity index (χ0) is 11.8. The second kappa shape index (κ2) is 3.86. The number of pyridine rings is 1. The summed E-state index contributed by atoms with van der Waals surface area (Å²) in [4.78, 5) is 4.42. The molecule has 2 aromatic heterocycles. The van der Waals surface area contributed by atoms with Crippen LogP contribution < -0.4 is 4.57 Å². The average Bonchev–Trinajstić information content (AvgIpc) is 2.72. The van der Waals surface area contributed by atoms with E-state index in [0.29, 0.717) is 10.9 Å². The minimum absolute atomic E-state index is 0.610. The molecule has 4 heteroatoms. The molecule has 3 rings (SSSR count). The topological polar surface area (TPSA) is 29.9 Å². The van der Waals surface area contributed by atoms with Crippen LogP contribution in [0.25, 0.3) is 22.6 Å². The molecule has 0 saturated heterocycles. The fraction of sp³-hybridized carbons (Fsp3) is 0.0769. The van der Waals surface area contributed by atoms with Crippen molar-refractivity contribution in [3.63, 3.8) is 0 Å². The van der Waals surface area contributed by atoms with Crippen LogP contribution in [0.3, 0.4) is 0 Å². The Kier molecular flexibility index (Phi) is 2.34. The Hall–Kier alpha value is -1.87. The van der Waals surface area contributed by atoms with E-state index in [9.17, 15) is 0 Å². The SMILES string of the molecule is C[n+]1cccc(-c2nc3cc(Cl)ccc3o2)c1. The molecule has 84 valence electrons. The first-order chi connectivity index (χ1) is 8.22. The van der Waals surface area contributed by atoms with Crippen molar-refractivity contribution in [1.82, 2.24) is 4.98 Å². The van der Waals surface area contributed by atoms with Gasteiger partial charge in [-0.2, -0.15) is 0 Å². The van der Waals surface area contributed by atoms with Crippen molar-refractivity contribution in [3.05, 3.63) is 47.7 Å². The number of halogens is 1. The lowest BCUT2D eigenvalue weighted by Gasteiger charge is -1.91. The van der Waals surface area contributed by atoms with E-state index in [1.807, 2.05) is 42.2 Å². The Morgan fingerprint density at radius 1 is 1.29 bits per heavy atom. The number of oxazole rings is 1. The lowest BCUT2D eigenvalue weighted by Crippen LogP contribution is -2.26. The Morgan fingerprint density at radius 2 is 2.18 bits per heavy atom. The molecule has 3 nitrogen and oxygen atoms in total. The van der Waals surface area contributed by atoms with E-state index in [0.717, 1.165) is 16.7 Å². The third kappa shape index (κ3) is 1.89. The molecule has 1 aromatic carbocycles. The Morgan fingerprint density at radius 3 is 3.00 bits per heavy atom. The Bertz CT molecular complexity index is 691. The molecule has 0 bridgehead atoms. The highest BCUT2D eigenvalue weighted by Gasteiger charge is 2.10. The second-order valence-corrected chi connectivity index (χ2v) is 4.33. The first kappa shape index (κ1) is 10.3. The monoisotopic (exact) mass is 245 g/mol. The molecular weight excluding hydrogens is 236 g/mol. The van der Waals surface area contributed by atoms with Crippen molar-refractivity contribution in [2.45, 2.75) is 0 Å². The van der Waals surface area contributed by atoms with Gasteiger partial charge in [0.25, 0.3) is 0 Å². The number of hydrogen-bond acceptors (Lipinski definition) is 2. The minimum atomic E-state index is 0.610. The molecule has 0 unspecified atom stereocenters. The predicted octanol–water partition coefficient (Wildman–Crippen LogP) is 2.97. The number of rotatable bonds is 1. The summed E-state index contributed by atoms with van der Waals surface area (Å²) in [6.45, 7) is 0. The minimum Gasteiger partial charge on any atom is -0.436 e. The molecule has 0 N–H and O–H groups in total. The van der Waals surface area contributed by atoms with Crippen LogP contribution in [0, 0.1) is 0 Å². The molecule has 0 aliphatic heterocycles. The highest BCUT2D eigenvalue weighted by Crippen LogP contribution is 2.25. The summed E-state index contributed by atoms with van der Waals surface area (Å²) >= 11 is 5.91. The molecule has 0 atom stereocenters. The van der Waals surface area contributed by atoms with E-state index in [1.54, 1.807) is 12.1 Å². The fourth-order valence-electron chi connectivity index (χ4n) is 1.74. The van der Waals surface area contributed by atoms with Crippen LogP contribution in [0.1, 0.15) is 0 Å². The van der Waals surface area contributed by atoms with Crippen LogP contribution in [-0.2, 0) is 7.05 Å². The van der Waals surface area contributed by atoms with Crippen molar-refractivity contribution in [1.29, 1.82) is 0 Å². The normalized spacial score (nSPS) is 10.9. The van der Waals surface area contributed by atoms with E-state index >= 15 is 0 Å². The molecule has 0 radical (unpaired) electrons. The van der Waals surface area contributed by atoms with Gasteiger partial charge in [0.15, 0.2) is 18.0 Å². The van der Waals surface area contributed by atoms with Gasteiger partial charge in [-0.3, -0.25) is 0 Å². The van der Waals surface area contributed by atoms with Crippen LogP contribution >= 0.6 is 11.6 Å². The third-order valence-corrected chi connectivity index (χ3v) is 2.77. The smallest absolute Gasteiger partial charge is 0.233 e.